The summed E-state index contributed by atoms with van der Waals surface area (Å²) in [5.74, 6) is 0.782. The molecule has 0 atom stereocenters. The van der Waals surface area contributed by atoms with Gasteiger partial charge in [0.25, 0.3) is 0 Å². The van der Waals surface area contributed by atoms with Crippen LogP contribution in [0.2, 0.25) is 0 Å². The third-order valence-corrected chi connectivity index (χ3v) is 5.35. The van der Waals surface area contributed by atoms with E-state index in [2.05, 4.69) is 9.71 Å². The average molecular weight is 377 g/mol. The van der Waals surface area contributed by atoms with Crippen molar-refractivity contribution < 1.29 is 22.7 Å². The number of ether oxygens (including phenoxy) is 2. The molecule has 0 aliphatic carbocycles. The fourth-order valence-electron chi connectivity index (χ4n) is 2.50. The summed E-state index contributed by atoms with van der Waals surface area (Å²) in [5.41, 5.74) is 0.925. The summed E-state index contributed by atoms with van der Waals surface area (Å²) in [6.45, 7) is 2.27. The molecule has 2 heterocycles. The third kappa shape index (κ3) is 4.30. The van der Waals surface area contributed by atoms with Crippen LogP contribution in [0.15, 0.2) is 47.6 Å². The van der Waals surface area contributed by atoms with Gasteiger partial charge in [0.2, 0.25) is 22.7 Å². The molecule has 0 saturated heterocycles. The minimum Gasteiger partial charge on any atom is -0.454 e. The highest BCUT2D eigenvalue weighted by molar-refractivity contribution is 7.89. The van der Waals surface area contributed by atoms with Gasteiger partial charge in [0.1, 0.15) is 0 Å². The van der Waals surface area contributed by atoms with E-state index in [1.165, 1.54) is 19.1 Å². The van der Waals surface area contributed by atoms with E-state index in [-0.39, 0.29) is 30.7 Å². The lowest BCUT2D eigenvalue weighted by Crippen LogP contribution is -2.37. The van der Waals surface area contributed by atoms with Gasteiger partial charge in [-0.25, -0.2) is 13.1 Å². The number of nitrogens with zero attached hydrogens (tertiary/aromatic N) is 2. The first-order valence-corrected chi connectivity index (χ1v) is 9.48. The van der Waals surface area contributed by atoms with E-state index in [0.717, 1.165) is 5.56 Å². The predicted molar refractivity (Wildman–Crippen MR) is 93.1 cm³/mol. The first-order chi connectivity index (χ1) is 12.5. The maximum absolute atomic E-state index is 12.4. The van der Waals surface area contributed by atoms with Crippen LogP contribution >= 0.6 is 0 Å². The molecular formula is C17H19N3O5S. The van der Waals surface area contributed by atoms with E-state index in [9.17, 15) is 13.2 Å². The Hall–Kier alpha value is -2.65. The number of fused-ring (bicyclic) bond motifs is 1. The summed E-state index contributed by atoms with van der Waals surface area (Å²) >= 11 is 0. The highest BCUT2D eigenvalue weighted by Gasteiger charge is 2.20. The van der Waals surface area contributed by atoms with Gasteiger partial charge in [0.15, 0.2) is 11.5 Å². The topological polar surface area (TPSA) is 97.8 Å². The minimum absolute atomic E-state index is 0.0782. The molecule has 0 saturated carbocycles. The zero-order chi connectivity index (χ0) is 18.6. The number of carbonyl (C=O) groups excluding carboxylic acids is 1. The SMILES string of the molecule is CC(=O)N(CCNS(=O)(=O)c1ccc2c(c1)OCO2)Cc1ccncc1. The van der Waals surface area contributed by atoms with Crippen LogP contribution in [-0.4, -0.2) is 44.1 Å². The number of carbonyl (C=O) groups is 1. The number of amides is 1. The average Bonchev–Trinajstić information content (AvgIpc) is 3.09. The number of rotatable bonds is 7. The van der Waals surface area contributed by atoms with Gasteiger partial charge >= 0.3 is 0 Å². The van der Waals surface area contributed by atoms with Crippen molar-refractivity contribution in [3.63, 3.8) is 0 Å². The van der Waals surface area contributed by atoms with Crippen LogP contribution in [0.3, 0.4) is 0 Å². The molecule has 3 rings (SSSR count). The second-order valence-corrected chi connectivity index (χ2v) is 7.48. The second-order valence-electron chi connectivity index (χ2n) is 5.71. The molecule has 8 nitrogen and oxygen atoms in total. The molecule has 2 aromatic rings. The van der Waals surface area contributed by atoms with Crippen LogP contribution < -0.4 is 14.2 Å². The van der Waals surface area contributed by atoms with Gasteiger partial charge in [0.05, 0.1) is 4.90 Å². The van der Waals surface area contributed by atoms with Gasteiger partial charge in [-0.3, -0.25) is 9.78 Å². The molecule has 1 aliphatic heterocycles. The Morgan fingerprint density at radius 2 is 1.92 bits per heavy atom. The number of hydrogen-bond acceptors (Lipinski definition) is 6. The van der Waals surface area contributed by atoms with Crippen molar-refractivity contribution in [1.82, 2.24) is 14.6 Å². The molecule has 0 fully saturated rings. The number of benzene rings is 1. The highest BCUT2D eigenvalue weighted by atomic mass is 32.2. The van der Waals surface area contributed by atoms with Crippen molar-refractivity contribution in [2.24, 2.45) is 0 Å². The van der Waals surface area contributed by atoms with Crippen molar-refractivity contribution in [3.05, 3.63) is 48.3 Å². The Bertz CT molecular complexity index is 887. The molecule has 1 amide bonds. The number of sulfonamides is 1. The maximum atomic E-state index is 12.4. The first-order valence-electron chi connectivity index (χ1n) is 7.99. The summed E-state index contributed by atoms with van der Waals surface area (Å²) in [5, 5.41) is 0. The zero-order valence-electron chi connectivity index (χ0n) is 14.2. The second kappa shape index (κ2) is 7.71. The monoisotopic (exact) mass is 377 g/mol. The molecule has 1 N–H and O–H groups in total. The van der Waals surface area contributed by atoms with E-state index in [0.29, 0.717) is 18.0 Å². The van der Waals surface area contributed by atoms with Crippen LogP contribution in [0.4, 0.5) is 0 Å². The van der Waals surface area contributed by atoms with Gasteiger partial charge in [-0.2, -0.15) is 0 Å². The van der Waals surface area contributed by atoms with Crippen molar-refractivity contribution in [2.75, 3.05) is 19.9 Å². The number of aromatic nitrogens is 1. The molecule has 26 heavy (non-hydrogen) atoms. The van der Waals surface area contributed by atoms with Crippen LogP contribution in [0.5, 0.6) is 11.5 Å². The van der Waals surface area contributed by atoms with E-state index >= 15 is 0 Å². The summed E-state index contributed by atoms with van der Waals surface area (Å²) in [4.78, 5) is 17.4. The normalized spacial score (nSPS) is 12.8. The predicted octanol–water partition coefficient (Wildman–Crippen LogP) is 1.14. The van der Waals surface area contributed by atoms with Crippen LogP contribution in [0, 0.1) is 0 Å². The van der Waals surface area contributed by atoms with Gasteiger partial charge in [0, 0.05) is 45.0 Å². The first kappa shape index (κ1) is 18.2. The lowest BCUT2D eigenvalue weighted by atomic mass is 10.2. The Labute approximate surface area is 151 Å². The summed E-state index contributed by atoms with van der Waals surface area (Å²) in [6.07, 6.45) is 3.30. The number of nitrogens with one attached hydrogen (secondary N) is 1. The van der Waals surface area contributed by atoms with Gasteiger partial charge in [-0.05, 0) is 29.8 Å². The third-order valence-electron chi connectivity index (χ3n) is 3.90. The summed E-state index contributed by atoms with van der Waals surface area (Å²) in [7, 11) is -3.71. The van der Waals surface area contributed by atoms with Crippen LogP contribution in [-0.2, 0) is 21.4 Å². The van der Waals surface area contributed by atoms with Crippen molar-refractivity contribution in [2.45, 2.75) is 18.4 Å². The molecule has 0 bridgehead atoms. The lowest BCUT2D eigenvalue weighted by Gasteiger charge is -2.21. The number of pyridine rings is 1. The molecule has 138 valence electrons. The van der Waals surface area contributed by atoms with Crippen molar-refractivity contribution in [3.8, 4) is 11.5 Å². The van der Waals surface area contributed by atoms with Gasteiger partial charge in [-0.15, -0.1) is 0 Å². The zero-order valence-corrected chi connectivity index (χ0v) is 15.0. The molecule has 1 aliphatic rings. The summed E-state index contributed by atoms with van der Waals surface area (Å²) < 4.78 is 37.7. The minimum atomic E-state index is -3.71. The largest absolute Gasteiger partial charge is 0.454 e. The molecular weight excluding hydrogens is 358 g/mol. The van der Waals surface area contributed by atoms with E-state index in [4.69, 9.17) is 9.47 Å². The maximum Gasteiger partial charge on any atom is 0.240 e. The van der Waals surface area contributed by atoms with Crippen molar-refractivity contribution >= 4 is 15.9 Å². The van der Waals surface area contributed by atoms with Gasteiger partial charge < -0.3 is 14.4 Å². The van der Waals surface area contributed by atoms with Crippen molar-refractivity contribution in [1.29, 1.82) is 0 Å². The molecule has 9 heteroatoms. The smallest absolute Gasteiger partial charge is 0.240 e. The quantitative estimate of drug-likeness (QED) is 0.777. The van der Waals surface area contributed by atoms with Crippen LogP contribution in [0.1, 0.15) is 12.5 Å². The molecule has 1 aromatic heterocycles. The molecule has 0 radical (unpaired) electrons. The Morgan fingerprint density at radius 1 is 1.19 bits per heavy atom. The lowest BCUT2D eigenvalue weighted by molar-refractivity contribution is -0.129. The summed E-state index contributed by atoms with van der Waals surface area (Å²) in [6, 6.07) is 8.06. The molecule has 0 unspecified atom stereocenters. The van der Waals surface area contributed by atoms with Gasteiger partial charge in [-0.1, -0.05) is 0 Å². The number of hydrogen-bond donors (Lipinski definition) is 1. The standard InChI is InChI=1S/C17H19N3O5S/c1-13(21)20(11-14-4-6-18-7-5-14)9-8-19-26(22,23)15-2-3-16-17(10-15)25-12-24-16/h2-7,10,19H,8-9,11-12H2,1H3. The van der Waals surface area contributed by atoms with E-state index in [1.54, 1.807) is 23.4 Å². The fourth-order valence-corrected chi connectivity index (χ4v) is 3.53. The molecule has 0 spiro atoms. The van der Waals surface area contributed by atoms with E-state index in [1.807, 2.05) is 12.1 Å². The highest BCUT2D eigenvalue weighted by Crippen LogP contribution is 2.33. The van der Waals surface area contributed by atoms with Crippen LogP contribution in [0.25, 0.3) is 0 Å². The molecule has 1 aromatic carbocycles. The van der Waals surface area contributed by atoms with E-state index < -0.39 is 10.0 Å². The fraction of sp³-hybridized carbons (Fsp3) is 0.294. The Kier molecular flexibility index (Phi) is 5.38. The Morgan fingerprint density at radius 3 is 2.65 bits per heavy atom. The Balaban J connectivity index is 1.60.